The number of rotatable bonds is 6. The molecule has 0 spiro atoms. The van der Waals surface area contributed by atoms with E-state index in [-0.39, 0.29) is 110 Å². The van der Waals surface area contributed by atoms with Gasteiger partial charge < -0.3 is 0 Å². The maximum Gasteiger partial charge on any atom is 3.00 e. The van der Waals surface area contributed by atoms with E-state index >= 15 is 0 Å². The molecule has 6 radical (unpaired) electrons. The summed E-state index contributed by atoms with van der Waals surface area (Å²) in [5.74, 6) is 0. The average molecular weight is 777 g/mol. The summed E-state index contributed by atoms with van der Waals surface area (Å²) in [7, 11) is -14.6. The Hall–Kier alpha value is 3.38. The van der Waals surface area contributed by atoms with Crippen LogP contribution in [0.1, 0.15) is 41.5 Å². The molecule has 0 aliphatic carbocycles. The third kappa shape index (κ3) is 29.4. The predicted molar refractivity (Wildman–Crippen MR) is 101 cm³/mol. The van der Waals surface area contributed by atoms with Gasteiger partial charge in [0.2, 0.25) is 0 Å². The molecule has 0 bridgehead atoms. The van der Waals surface area contributed by atoms with Crippen LogP contribution in [0.2, 0.25) is 0 Å². The molecule has 27 heavy (non-hydrogen) atoms. The van der Waals surface area contributed by atoms with E-state index in [1.54, 1.807) is 0 Å². The van der Waals surface area contributed by atoms with Crippen molar-refractivity contribution in [3.8, 4) is 0 Å². The average Bonchev–Trinajstić information content (AvgIpc) is 2.48. The van der Waals surface area contributed by atoms with Gasteiger partial charge in [0, 0.05) is 0 Å². The molecule has 0 aliphatic rings. The van der Waals surface area contributed by atoms with Gasteiger partial charge >= 0.3 is 218 Å². The zero-order valence-electron chi connectivity index (χ0n) is 16.6. The van der Waals surface area contributed by atoms with Gasteiger partial charge in [-0.3, -0.25) is 0 Å². The van der Waals surface area contributed by atoms with Crippen molar-refractivity contribution in [1.29, 1.82) is 0 Å². The zero-order chi connectivity index (χ0) is 20.6. The Kier molecular flexibility index (Phi) is 24.9. The summed E-state index contributed by atoms with van der Waals surface area (Å²) in [6.45, 7) is 8.22. The Balaban J connectivity index is -0.0000000580. The molecule has 0 N–H and O–H groups in total. The molecule has 0 fully saturated rings. The van der Waals surface area contributed by atoms with Gasteiger partial charge in [0.15, 0.2) is 0 Å². The first-order chi connectivity index (χ1) is 10.2. The maximum absolute atomic E-state index is 10.4. The molecule has 9 nitrogen and oxygen atoms in total. The molecule has 0 saturated heterocycles. The Bertz CT molecular complexity index is 296. The van der Waals surface area contributed by atoms with Crippen LogP contribution < -0.4 is 44.0 Å². The van der Waals surface area contributed by atoms with Gasteiger partial charge in [0.1, 0.15) is 0 Å². The van der Waals surface area contributed by atoms with Crippen molar-refractivity contribution in [2.45, 2.75) is 41.5 Å². The van der Waals surface area contributed by atoms with Gasteiger partial charge in [-0.15, -0.1) is 0 Å². The van der Waals surface area contributed by atoms with Crippen LogP contribution in [-0.2, 0) is 0 Å². The van der Waals surface area contributed by atoms with Crippen LogP contribution in [0.4, 0.5) is 0 Å². The second-order valence-electron chi connectivity index (χ2n) is 5.56. The van der Waals surface area contributed by atoms with Crippen molar-refractivity contribution in [1.82, 2.24) is 0 Å². The first-order valence-corrected chi connectivity index (χ1v) is 14.9. The fraction of sp³-hybridized carbons (Fsp3) is 1.00. The summed E-state index contributed by atoms with van der Waals surface area (Å²) in [6, 6.07) is 0. The van der Waals surface area contributed by atoms with Gasteiger partial charge in [-0.1, -0.05) is 0 Å². The topological polar surface area (TPSA) is 208 Å². The summed E-state index contributed by atoms with van der Waals surface area (Å²) in [5.41, 5.74) is 0. The van der Waals surface area contributed by atoms with Crippen LogP contribution in [0.3, 0.4) is 0 Å². The largest absolute Gasteiger partial charge is 3.00 e. The zero-order valence-corrected chi connectivity index (χ0v) is 26.9. The third-order valence-electron chi connectivity index (χ3n) is 3.67. The van der Waals surface area contributed by atoms with Gasteiger partial charge in [-0.2, -0.15) is 0 Å². The van der Waals surface area contributed by atoms with E-state index in [0.29, 0.717) is 0 Å². The van der Waals surface area contributed by atoms with Gasteiger partial charge in [0.05, 0.1) is 0 Å². The molecule has 0 unspecified atom stereocenters. The minimum absolute atomic E-state index is 0. The van der Waals surface area contributed by atoms with Gasteiger partial charge in [0.25, 0.3) is 0 Å². The molecule has 0 atom stereocenters. The van der Waals surface area contributed by atoms with E-state index in [9.17, 15) is 44.0 Å². The molecule has 162 valence electrons. The Morgan fingerprint density at radius 3 is 0.407 bits per heavy atom. The summed E-state index contributed by atoms with van der Waals surface area (Å²) in [4.78, 5) is 93.9. The van der Waals surface area contributed by atoms with Crippen LogP contribution in [0.15, 0.2) is 0 Å². The van der Waals surface area contributed by atoms with E-state index in [1.165, 1.54) is 41.5 Å². The van der Waals surface area contributed by atoms with E-state index in [4.69, 9.17) is 0 Å². The molecule has 0 heterocycles. The molecular formula is C12H30O9P3Sb3. The SMILES string of the molecule is CCP([O-])([O-])([O-])CC.CCP([O-])([O-])([O-])CC.CCP([O-])([O-])([O-])CC.[Sb+3].[Sb+3].[Sb+3]. The van der Waals surface area contributed by atoms with Gasteiger partial charge in [-0.25, -0.2) is 0 Å². The molecule has 0 aromatic carbocycles. The molecular weight excluding hydrogens is 746 g/mol. The monoisotopic (exact) mass is 774 g/mol. The summed E-state index contributed by atoms with van der Waals surface area (Å²) < 4.78 is 0. The fourth-order valence-electron chi connectivity index (χ4n) is 0.671. The molecule has 0 aromatic heterocycles. The first-order valence-electron chi connectivity index (χ1n) is 7.78. The molecule has 0 amide bonds. The summed E-state index contributed by atoms with van der Waals surface area (Å²) in [6.07, 6.45) is -1.65. The van der Waals surface area contributed by atoms with Crippen molar-refractivity contribution >= 4 is 95.1 Å². The maximum atomic E-state index is 10.4. The van der Waals surface area contributed by atoms with Crippen LogP contribution in [0.25, 0.3) is 0 Å². The molecule has 0 rings (SSSR count). The summed E-state index contributed by atoms with van der Waals surface area (Å²) in [5, 5.41) is 0. The third-order valence-corrected chi connectivity index (χ3v) is 11.0. The number of hydrogen-bond acceptors (Lipinski definition) is 9. The van der Waals surface area contributed by atoms with Crippen LogP contribution in [-0.4, -0.2) is 110 Å². The van der Waals surface area contributed by atoms with Crippen LogP contribution in [0, 0.1) is 0 Å². The second-order valence-corrected chi connectivity index (χ2v) is 16.7. The Labute approximate surface area is 215 Å². The second kappa shape index (κ2) is 15.3. The Morgan fingerprint density at radius 2 is 0.407 bits per heavy atom. The standard InChI is InChI=1S/3C4H10O3P.3Sb/c3*1-3-8(5,6,7)4-2;;;/h3*3-4H2,1-2H3;;;/q3*-3;3*+3. The summed E-state index contributed by atoms with van der Waals surface area (Å²) >= 11 is 0. The van der Waals surface area contributed by atoms with E-state index in [1.807, 2.05) is 0 Å². The number of hydrogen-bond donors (Lipinski definition) is 0. The molecule has 0 aromatic rings. The van der Waals surface area contributed by atoms with E-state index in [2.05, 4.69) is 0 Å². The van der Waals surface area contributed by atoms with Crippen LogP contribution >= 0.6 is 21.9 Å². The fourth-order valence-corrected chi connectivity index (χ4v) is 2.01. The minimum atomic E-state index is -4.85. The van der Waals surface area contributed by atoms with E-state index in [0.717, 1.165) is 0 Å². The molecule has 15 heteroatoms. The smallest absolute Gasteiger partial charge is 3.00 e. The van der Waals surface area contributed by atoms with Crippen molar-refractivity contribution in [3.05, 3.63) is 0 Å². The molecule has 0 saturated carbocycles. The quantitative estimate of drug-likeness (QED) is 0.186. The van der Waals surface area contributed by atoms with Crippen molar-refractivity contribution in [3.63, 3.8) is 0 Å². The van der Waals surface area contributed by atoms with E-state index < -0.39 is 21.9 Å². The normalized spacial score (nSPS) is 15.4. The van der Waals surface area contributed by atoms with Crippen molar-refractivity contribution in [2.24, 2.45) is 0 Å². The predicted octanol–water partition coefficient (Wildman–Crippen LogP) is -5.93. The first kappa shape index (κ1) is 44.1. The minimum Gasteiger partial charge on any atom is 3.00 e. The Morgan fingerprint density at radius 1 is 0.333 bits per heavy atom. The van der Waals surface area contributed by atoms with Crippen molar-refractivity contribution in [2.75, 3.05) is 37.0 Å². The molecule has 0 aliphatic heterocycles. The van der Waals surface area contributed by atoms with Crippen LogP contribution in [0.5, 0.6) is 0 Å². The van der Waals surface area contributed by atoms with Gasteiger partial charge in [-0.05, 0) is 0 Å². The van der Waals surface area contributed by atoms with Crippen molar-refractivity contribution < 1.29 is 44.0 Å².